The number of phenolic OH excluding ortho intramolecular Hbond substituents is 2. The first-order valence-corrected chi connectivity index (χ1v) is 11.6. The molecule has 0 aromatic heterocycles. The van der Waals surface area contributed by atoms with Gasteiger partial charge >= 0.3 is 0 Å². The molecule has 158 valence electrons. The summed E-state index contributed by atoms with van der Waals surface area (Å²) in [5.41, 5.74) is 4.74. The Hall–Kier alpha value is -1.96. The number of benzene rings is 2. The Kier molecular flexibility index (Phi) is 6.93. The van der Waals surface area contributed by atoms with Crippen molar-refractivity contribution >= 4 is 0 Å². The third kappa shape index (κ3) is 4.47. The molecule has 0 radical (unpaired) electrons. The number of aryl methyl sites for hydroxylation is 2. The summed E-state index contributed by atoms with van der Waals surface area (Å²) < 4.78 is 0. The molecule has 1 saturated carbocycles. The van der Waals surface area contributed by atoms with Crippen LogP contribution in [0, 0.1) is 11.8 Å². The molecule has 2 nitrogen and oxygen atoms in total. The minimum absolute atomic E-state index is 0.0300. The van der Waals surface area contributed by atoms with E-state index in [0.717, 1.165) is 61.5 Å². The normalized spacial score (nSPS) is 17.0. The zero-order valence-corrected chi connectivity index (χ0v) is 18.7. The Balaban J connectivity index is 2.09. The molecule has 2 heteroatoms. The van der Waals surface area contributed by atoms with E-state index >= 15 is 0 Å². The molecule has 0 amide bonds. The molecule has 3 rings (SSSR count). The van der Waals surface area contributed by atoms with E-state index < -0.39 is 0 Å². The lowest BCUT2D eigenvalue weighted by Crippen LogP contribution is -2.34. The van der Waals surface area contributed by atoms with E-state index in [1.807, 2.05) is 12.1 Å². The fourth-order valence-electron chi connectivity index (χ4n) is 5.25. The Bertz CT molecular complexity index is 756. The second kappa shape index (κ2) is 9.24. The van der Waals surface area contributed by atoms with Gasteiger partial charge in [0.05, 0.1) is 0 Å². The van der Waals surface area contributed by atoms with Gasteiger partial charge in [0.2, 0.25) is 0 Å². The van der Waals surface area contributed by atoms with E-state index in [1.165, 1.54) is 24.0 Å². The third-order valence-electron chi connectivity index (χ3n) is 7.13. The van der Waals surface area contributed by atoms with Crippen molar-refractivity contribution in [3.8, 4) is 11.5 Å². The lowest BCUT2D eigenvalue weighted by Gasteiger charge is -2.43. The molecular formula is C27H38O2. The standard InChI is InChI=1S/C27H38O2/c1-5-7-21-17-23(9-11-25(21)28)27(15-13-20(14-16-27)19(3)4)24-10-12-26(29)22(18-24)8-6-2/h9-12,17-20,28-29H,5-8,13-16H2,1-4H3. The number of hydrogen-bond acceptors (Lipinski definition) is 2. The van der Waals surface area contributed by atoms with Crippen molar-refractivity contribution in [2.45, 2.75) is 84.5 Å². The molecule has 0 saturated heterocycles. The first-order valence-electron chi connectivity index (χ1n) is 11.6. The van der Waals surface area contributed by atoms with Crippen LogP contribution >= 0.6 is 0 Å². The molecule has 0 heterocycles. The van der Waals surface area contributed by atoms with Crippen molar-refractivity contribution in [2.75, 3.05) is 0 Å². The molecule has 0 atom stereocenters. The first kappa shape index (κ1) is 21.7. The Morgan fingerprint density at radius 2 is 1.28 bits per heavy atom. The van der Waals surface area contributed by atoms with Gasteiger partial charge in [0.1, 0.15) is 11.5 Å². The van der Waals surface area contributed by atoms with Crippen LogP contribution in [0.1, 0.15) is 88.5 Å². The van der Waals surface area contributed by atoms with Crippen LogP contribution in [-0.4, -0.2) is 10.2 Å². The minimum Gasteiger partial charge on any atom is -0.508 e. The highest BCUT2D eigenvalue weighted by atomic mass is 16.3. The molecule has 0 aliphatic heterocycles. The zero-order chi connectivity index (χ0) is 21.0. The van der Waals surface area contributed by atoms with E-state index in [2.05, 4.69) is 52.0 Å². The van der Waals surface area contributed by atoms with Gasteiger partial charge in [0, 0.05) is 5.41 Å². The summed E-state index contributed by atoms with van der Waals surface area (Å²) in [6, 6.07) is 12.6. The topological polar surface area (TPSA) is 40.5 Å². The lowest BCUT2D eigenvalue weighted by atomic mass is 9.61. The molecule has 2 aromatic carbocycles. The van der Waals surface area contributed by atoms with Gasteiger partial charge in [-0.2, -0.15) is 0 Å². The average Bonchev–Trinajstić information content (AvgIpc) is 2.71. The molecule has 2 N–H and O–H groups in total. The van der Waals surface area contributed by atoms with E-state index in [1.54, 1.807) is 0 Å². The molecule has 1 fully saturated rings. The highest BCUT2D eigenvalue weighted by molar-refractivity contribution is 5.48. The van der Waals surface area contributed by atoms with Gasteiger partial charge in [-0.25, -0.2) is 0 Å². The van der Waals surface area contributed by atoms with Crippen LogP contribution in [0.3, 0.4) is 0 Å². The Morgan fingerprint density at radius 1 is 0.828 bits per heavy atom. The number of phenols is 2. The van der Waals surface area contributed by atoms with Crippen LogP contribution in [0.4, 0.5) is 0 Å². The summed E-state index contributed by atoms with van der Waals surface area (Å²) >= 11 is 0. The smallest absolute Gasteiger partial charge is 0.118 e. The molecule has 0 bridgehead atoms. The van der Waals surface area contributed by atoms with Crippen LogP contribution in [0.25, 0.3) is 0 Å². The van der Waals surface area contributed by atoms with Gasteiger partial charge in [-0.3, -0.25) is 0 Å². The predicted molar refractivity (Wildman–Crippen MR) is 122 cm³/mol. The first-order chi connectivity index (χ1) is 13.9. The second-order valence-corrected chi connectivity index (χ2v) is 9.35. The third-order valence-corrected chi connectivity index (χ3v) is 7.13. The van der Waals surface area contributed by atoms with Gasteiger partial charge in [0.25, 0.3) is 0 Å². The maximum Gasteiger partial charge on any atom is 0.118 e. The van der Waals surface area contributed by atoms with Crippen LogP contribution in [0.15, 0.2) is 36.4 Å². The van der Waals surface area contributed by atoms with Crippen LogP contribution < -0.4 is 0 Å². The molecular weight excluding hydrogens is 356 g/mol. The van der Waals surface area contributed by atoms with E-state index in [4.69, 9.17) is 0 Å². The maximum atomic E-state index is 10.4. The number of rotatable bonds is 7. The molecule has 1 aliphatic carbocycles. The molecule has 0 unspecified atom stereocenters. The van der Waals surface area contributed by atoms with Crippen molar-refractivity contribution in [2.24, 2.45) is 11.8 Å². The number of hydrogen-bond donors (Lipinski definition) is 2. The van der Waals surface area contributed by atoms with Crippen LogP contribution in [-0.2, 0) is 18.3 Å². The van der Waals surface area contributed by atoms with E-state index in [9.17, 15) is 10.2 Å². The highest BCUT2D eigenvalue weighted by Gasteiger charge is 2.39. The molecule has 1 aliphatic rings. The monoisotopic (exact) mass is 394 g/mol. The predicted octanol–water partition coefficient (Wildman–Crippen LogP) is 7.14. The van der Waals surface area contributed by atoms with Crippen molar-refractivity contribution in [3.63, 3.8) is 0 Å². The fraction of sp³-hybridized carbons (Fsp3) is 0.556. The highest BCUT2D eigenvalue weighted by Crippen LogP contribution is 2.49. The van der Waals surface area contributed by atoms with E-state index in [0.29, 0.717) is 11.5 Å². The summed E-state index contributed by atoms with van der Waals surface area (Å²) in [5.74, 6) is 2.33. The summed E-state index contributed by atoms with van der Waals surface area (Å²) in [7, 11) is 0. The molecule has 29 heavy (non-hydrogen) atoms. The lowest BCUT2D eigenvalue weighted by molar-refractivity contribution is 0.217. The van der Waals surface area contributed by atoms with Gasteiger partial charge < -0.3 is 10.2 Å². The molecule has 0 spiro atoms. The SMILES string of the molecule is CCCc1cc(C2(c3ccc(O)c(CCC)c3)CCC(C(C)C)CC2)ccc1O. The molecule has 2 aromatic rings. The van der Waals surface area contributed by atoms with Crippen molar-refractivity contribution in [1.82, 2.24) is 0 Å². The fourth-order valence-corrected chi connectivity index (χ4v) is 5.25. The van der Waals surface area contributed by atoms with Gasteiger partial charge in [-0.1, -0.05) is 64.8 Å². The van der Waals surface area contributed by atoms with Crippen molar-refractivity contribution in [1.29, 1.82) is 0 Å². The summed E-state index contributed by atoms with van der Waals surface area (Å²) in [4.78, 5) is 0. The Labute approximate surface area is 177 Å². The zero-order valence-electron chi connectivity index (χ0n) is 18.7. The van der Waals surface area contributed by atoms with Gasteiger partial charge in [-0.05, 0) is 84.7 Å². The number of aromatic hydroxyl groups is 2. The van der Waals surface area contributed by atoms with Crippen molar-refractivity contribution in [3.05, 3.63) is 58.7 Å². The van der Waals surface area contributed by atoms with Gasteiger partial charge in [0.15, 0.2) is 0 Å². The summed E-state index contributed by atoms with van der Waals surface area (Å²) in [5, 5.41) is 20.7. The van der Waals surface area contributed by atoms with Crippen molar-refractivity contribution < 1.29 is 10.2 Å². The van der Waals surface area contributed by atoms with Crippen LogP contribution in [0.5, 0.6) is 11.5 Å². The average molecular weight is 395 g/mol. The second-order valence-electron chi connectivity index (χ2n) is 9.35. The summed E-state index contributed by atoms with van der Waals surface area (Å²) in [6.45, 7) is 9.01. The summed E-state index contributed by atoms with van der Waals surface area (Å²) in [6.07, 6.45) is 8.57. The van der Waals surface area contributed by atoms with Crippen LogP contribution in [0.2, 0.25) is 0 Å². The minimum atomic E-state index is -0.0300. The maximum absolute atomic E-state index is 10.4. The Morgan fingerprint density at radius 3 is 1.66 bits per heavy atom. The quantitative estimate of drug-likeness (QED) is 0.524. The van der Waals surface area contributed by atoms with Gasteiger partial charge in [-0.15, -0.1) is 0 Å². The largest absolute Gasteiger partial charge is 0.508 e. The van der Waals surface area contributed by atoms with E-state index in [-0.39, 0.29) is 5.41 Å².